The predicted octanol–water partition coefficient (Wildman–Crippen LogP) is 3.06. The van der Waals surface area contributed by atoms with Crippen LogP contribution in [-0.4, -0.2) is 17.1 Å². The first-order valence-corrected chi connectivity index (χ1v) is 12.0. The van der Waals surface area contributed by atoms with E-state index in [0.717, 1.165) is 40.0 Å². The van der Waals surface area contributed by atoms with Gasteiger partial charge in [0.05, 0.1) is 33.5 Å². The van der Waals surface area contributed by atoms with Crippen LogP contribution in [0.15, 0.2) is 42.5 Å². The molecule has 0 radical (unpaired) electrons. The van der Waals surface area contributed by atoms with Crippen molar-refractivity contribution in [1.82, 2.24) is 4.98 Å². The zero-order valence-corrected chi connectivity index (χ0v) is 22.4. The van der Waals surface area contributed by atoms with E-state index in [2.05, 4.69) is 26.0 Å². The summed E-state index contributed by atoms with van der Waals surface area (Å²) in [7, 11) is 0. The van der Waals surface area contributed by atoms with E-state index in [9.17, 15) is 9.90 Å². The van der Waals surface area contributed by atoms with E-state index in [1.54, 1.807) is 17.4 Å². The van der Waals surface area contributed by atoms with E-state index < -0.39 is 5.97 Å². The van der Waals surface area contributed by atoms with Crippen LogP contribution in [0.3, 0.4) is 0 Å². The maximum absolute atomic E-state index is 12.3. The Labute approximate surface area is 220 Å². The Morgan fingerprint density at radius 3 is 2.67 bits per heavy atom. The first-order chi connectivity index (χ1) is 15.4. The zero-order valence-electron chi connectivity index (χ0n) is 19.6. The number of hydrogen-bond donors (Lipinski definition) is 0. The molecule has 0 spiro atoms. The Morgan fingerprint density at radius 1 is 1.15 bits per heavy atom. The van der Waals surface area contributed by atoms with Crippen molar-refractivity contribution < 1.29 is 44.2 Å². The summed E-state index contributed by atoms with van der Waals surface area (Å²) in [5.74, 6) is 0.00706. The molecule has 1 saturated carbocycles. The average Bonchev–Trinajstić information content (AvgIpc) is 3.12. The van der Waals surface area contributed by atoms with Crippen LogP contribution in [0.4, 0.5) is 0 Å². The van der Waals surface area contributed by atoms with Gasteiger partial charge in [0, 0.05) is 10.3 Å². The third-order valence-electron chi connectivity index (χ3n) is 6.60. The number of rotatable bonds is 4. The molecule has 1 fully saturated rings. The Kier molecular flexibility index (Phi) is 7.15. The van der Waals surface area contributed by atoms with E-state index in [-0.39, 0.29) is 41.2 Å². The third kappa shape index (κ3) is 4.57. The SMILES string of the molecule is Cc1c(-c2cc(C(=O)[O-])c3c(OC4CCCC(C)C4)ccc(C)c3n2)sc2ccccc12.[Na+]. The standard InChI is InChI=1S/C27H27NO3S.Na/c1-15-7-6-8-18(13-15)31-22-12-11-16(2)25-24(22)20(27(29)30)14-21(28-25)26-17(3)19-9-4-5-10-23(19)32-26;/h4-5,9-12,14-15,18H,6-8,13H2,1-3H3,(H,29,30);/q;+1/p-1. The first kappa shape index (κ1) is 24.2. The van der Waals surface area contributed by atoms with Crippen molar-refractivity contribution in [3.05, 3.63) is 59.2 Å². The van der Waals surface area contributed by atoms with E-state index in [4.69, 9.17) is 9.72 Å². The molecular weight excluding hydrogens is 441 g/mol. The van der Waals surface area contributed by atoms with Gasteiger partial charge in [0.2, 0.25) is 0 Å². The molecule has 5 rings (SSSR count). The molecule has 0 amide bonds. The van der Waals surface area contributed by atoms with Gasteiger partial charge in [0.25, 0.3) is 0 Å². The Morgan fingerprint density at radius 2 is 1.94 bits per heavy atom. The summed E-state index contributed by atoms with van der Waals surface area (Å²) in [6.07, 6.45) is 4.44. The Bertz CT molecular complexity index is 1350. The number of carbonyl (C=O) groups excluding carboxylic acids is 1. The summed E-state index contributed by atoms with van der Waals surface area (Å²) in [6.45, 7) is 6.27. The predicted molar refractivity (Wildman–Crippen MR) is 128 cm³/mol. The first-order valence-electron chi connectivity index (χ1n) is 11.2. The second kappa shape index (κ2) is 9.75. The van der Waals surface area contributed by atoms with Crippen molar-refractivity contribution in [3.8, 4) is 16.3 Å². The van der Waals surface area contributed by atoms with Gasteiger partial charge in [-0.1, -0.05) is 37.6 Å². The molecule has 164 valence electrons. The van der Waals surface area contributed by atoms with Crippen LogP contribution in [0.1, 0.15) is 54.1 Å². The molecule has 4 nitrogen and oxygen atoms in total. The monoisotopic (exact) mass is 467 g/mol. The third-order valence-corrected chi connectivity index (χ3v) is 7.90. The number of thiophene rings is 1. The van der Waals surface area contributed by atoms with Crippen LogP contribution in [0, 0.1) is 19.8 Å². The quantitative estimate of drug-likeness (QED) is 0.433. The van der Waals surface area contributed by atoms with Crippen molar-refractivity contribution >= 4 is 38.3 Å². The molecule has 6 heteroatoms. The molecule has 0 saturated heterocycles. The molecular formula is C27H26NNaO3S. The van der Waals surface area contributed by atoms with Gasteiger partial charge in [-0.05, 0) is 73.7 Å². The molecule has 0 N–H and O–H groups in total. The van der Waals surface area contributed by atoms with Crippen molar-refractivity contribution in [2.24, 2.45) is 5.92 Å². The second-order valence-corrected chi connectivity index (χ2v) is 10.1. The Hall–Kier alpha value is -1.92. The minimum atomic E-state index is -1.20. The van der Waals surface area contributed by atoms with Crippen LogP contribution in [0.2, 0.25) is 0 Å². The van der Waals surface area contributed by atoms with Gasteiger partial charge < -0.3 is 14.6 Å². The maximum Gasteiger partial charge on any atom is 1.00 e. The van der Waals surface area contributed by atoms with Crippen LogP contribution in [-0.2, 0) is 0 Å². The second-order valence-electron chi connectivity index (χ2n) is 9.01. The molecule has 33 heavy (non-hydrogen) atoms. The van der Waals surface area contributed by atoms with Crippen LogP contribution in [0.25, 0.3) is 31.6 Å². The number of carbonyl (C=O) groups is 1. The van der Waals surface area contributed by atoms with Crippen molar-refractivity contribution in [2.45, 2.75) is 52.6 Å². The number of pyridine rings is 1. The van der Waals surface area contributed by atoms with Crippen molar-refractivity contribution in [2.75, 3.05) is 0 Å². The summed E-state index contributed by atoms with van der Waals surface area (Å²) in [5.41, 5.74) is 3.52. The fraction of sp³-hybridized carbons (Fsp3) is 0.333. The maximum atomic E-state index is 12.3. The van der Waals surface area contributed by atoms with Gasteiger partial charge in [-0.25, -0.2) is 4.98 Å². The topological polar surface area (TPSA) is 62.2 Å². The smallest absolute Gasteiger partial charge is 0.545 e. The zero-order chi connectivity index (χ0) is 22.4. The number of aromatic carboxylic acids is 1. The molecule has 4 aromatic rings. The van der Waals surface area contributed by atoms with Crippen LogP contribution < -0.4 is 39.4 Å². The molecule has 1 aliphatic carbocycles. The summed E-state index contributed by atoms with van der Waals surface area (Å²) >= 11 is 1.64. The van der Waals surface area contributed by atoms with Gasteiger partial charge in [-0.3, -0.25) is 0 Å². The summed E-state index contributed by atoms with van der Waals surface area (Å²) < 4.78 is 7.54. The van der Waals surface area contributed by atoms with Gasteiger partial charge in [-0.2, -0.15) is 0 Å². The molecule has 2 atom stereocenters. The Balaban J connectivity index is 0.00000259. The van der Waals surface area contributed by atoms with E-state index >= 15 is 0 Å². The number of hydrogen-bond acceptors (Lipinski definition) is 5. The van der Waals surface area contributed by atoms with E-state index in [1.807, 2.05) is 31.2 Å². The molecule has 2 heterocycles. The largest absolute Gasteiger partial charge is 1.00 e. The molecule has 2 unspecified atom stereocenters. The number of benzene rings is 2. The summed E-state index contributed by atoms with van der Waals surface area (Å²) in [5, 5.41) is 14.0. The fourth-order valence-electron chi connectivity index (χ4n) is 4.90. The van der Waals surface area contributed by atoms with Crippen LogP contribution in [0.5, 0.6) is 5.75 Å². The number of nitrogens with zero attached hydrogens (tertiary/aromatic N) is 1. The van der Waals surface area contributed by atoms with E-state index in [1.165, 1.54) is 11.8 Å². The number of carboxylic acids is 1. The number of ether oxygens (including phenoxy) is 1. The number of fused-ring (bicyclic) bond motifs is 2. The fourth-order valence-corrected chi connectivity index (χ4v) is 6.07. The van der Waals surface area contributed by atoms with Gasteiger partial charge in [-0.15, -0.1) is 11.3 Å². The van der Waals surface area contributed by atoms with Crippen LogP contribution >= 0.6 is 11.3 Å². The van der Waals surface area contributed by atoms with Crippen molar-refractivity contribution in [1.29, 1.82) is 0 Å². The minimum Gasteiger partial charge on any atom is -0.545 e. The molecule has 0 aliphatic heterocycles. The van der Waals surface area contributed by atoms with Crippen molar-refractivity contribution in [3.63, 3.8) is 0 Å². The average molecular weight is 468 g/mol. The molecule has 2 aromatic heterocycles. The minimum absolute atomic E-state index is 0. The molecule has 2 aromatic carbocycles. The summed E-state index contributed by atoms with van der Waals surface area (Å²) in [6, 6.07) is 13.7. The van der Waals surface area contributed by atoms with Gasteiger partial charge >= 0.3 is 29.6 Å². The van der Waals surface area contributed by atoms with E-state index in [0.29, 0.717) is 28.3 Å². The number of carboxylic acid groups (broad SMARTS) is 1. The number of aryl methyl sites for hydroxylation is 2. The molecule has 1 aliphatic rings. The summed E-state index contributed by atoms with van der Waals surface area (Å²) in [4.78, 5) is 18.2. The number of aromatic nitrogens is 1. The van der Waals surface area contributed by atoms with Gasteiger partial charge in [0.15, 0.2) is 0 Å². The molecule has 0 bridgehead atoms. The normalized spacial score (nSPS) is 18.3. The van der Waals surface area contributed by atoms with Gasteiger partial charge in [0.1, 0.15) is 5.75 Å².